The number of aliphatic hydroxyl groups excluding tert-OH is 1. The SMILES string of the molecule is Cc1c(-c2cccc(OC3CC3)c2)c(C)n2c(=O)n(-c3ncc(N4CCC(O)C4)cn3)ncc12. The Morgan fingerprint density at radius 1 is 1.09 bits per heavy atom. The minimum Gasteiger partial charge on any atom is -0.490 e. The van der Waals surface area contributed by atoms with Gasteiger partial charge in [0.2, 0.25) is 0 Å². The van der Waals surface area contributed by atoms with Crippen LogP contribution in [-0.2, 0) is 0 Å². The number of fused-ring (bicyclic) bond motifs is 1. The second-order valence-corrected chi connectivity index (χ2v) is 9.12. The summed E-state index contributed by atoms with van der Waals surface area (Å²) in [6.07, 6.45) is 7.95. The molecule has 1 saturated carbocycles. The van der Waals surface area contributed by atoms with Gasteiger partial charge in [-0.3, -0.25) is 4.40 Å². The van der Waals surface area contributed by atoms with Crippen molar-refractivity contribution in [1.29, 1.82) is 0 Å². The van der Waals surface area contributed by atoms with Crippen LogP contribution >= 0.6 is 0 Å². The molecule has 1 aliphatic heterocycles. The molecule has 1 N–H and O–H groups in total. The highest BCUT2D eigenvalue weighted by Gasteiger charge is 2.24. The topological polar surface area (TPSA) is 97.8 Å². The molecular formula is C25H26N6O3. The zero-order chi connectivity index (χ0) is 23.4. The van der Waals surface area contributed by atoms with Gasteiger partial charge in [0.15, 0.2) is 0 Å². The first-order valence-electron chi connectivity index (χ1n) is 11.6. The normalized spacial score (nSPS) is 18.1. The van der Waals surface area contributed by atoms with Gasteiger partial charge in [-0.1, -0.05) is 12.1 Å². The summed E-state index contributed by atoms with van der Waals surface area (Å²) in [4.78, 5) is 24.3. The fraction of sp³-hybridized carbons (Fsp3) is 0.360. The third-order valence-electron chi connectivity index (χ3n) is 6.66. The minimum atomic E-state index is -0.332. The maximum absolute atomic E-state index is 13.5. The average molecular weight is 459 g/mol. The average Bonchev–Trinajstić information content (AvgIpc) is 3.48. The van der Waals surface area contributed by atoms with Gasteiger partial charge in [-0.15, -0.1) is 4.68 Å². The van der Waals surface area contributed by atoms with E-state index < -0.39 is 0 Å². The van der Waals surface area contributed by atoms with Gasteiger partial charge in [0.05, 0.1) is 42.0 Å². The number of rotatable bonds is 5. The summed E-state index contributed by atoms with van der Waals surface area (Å²) in [5, 5.41) is 14.1. The maximum atomic E-state index is 13.5. The standard InChI is InChI=1S/C25H26N6O3/c1-15-22-13-28-31(24-26-11-18(12-27-24)29-9-8-19(32)14-29)25(33)30(22)16(2)23(15)17-4-3-5-21(10-17)34-20-6-7-20/h3-5,10-13,19-20,32H,6-9,14H2,1-2H3. The number of β-amino-alcohol motifs (C(OH)–C–C–N with tert-alkyl or cyclic N) is 1. The molecule has 3 aromatic heterocycles. The summed E-state index contributed by atoms with van der Waals surface area (Å²) >= 11 is 0. The molecular weight excluding hydrogens is 432 g/mol. The summed E-state index contributed by atoms with van der Waals surface area (Å²) in [7, 11) is 0. The van der Waals surface area contributed by atoms with Crippen LogP contribution in [-0.4, -0.2) is 54.6 Å². The van der Waals surface area contributed by atoms with Gasteiger partial charge < -0.3 is 14.7 Å². The monoisotopic (exact) mass is 458 g/mol. The Morgan fingerprint density at radius 3 is 2.59 bits per heavy atom. The highest BCUT2D eigenvalue weighted by atomic mass is 16.5. The van der Waals surface area contributed by atoms with E-state index in [4.69, 9.17) is 4.74 Å². The van der Waals surface area contributed by atoms with Crippen molar-refractivity contribution in [2.75, 3.05) is 18.0 Å². The Morgan fingerprint density at radius 2 is 1.88 bits per heavy atom. The molecule has 0 bridgehead atoms. The van der Waals surface area contributed by atoms with Gasteiger partial charge in [-0.25, -0.2) is 14.8 Å². The van der Waals surface area contributed by atoms with Crippen molar-refractivity contribution in [3.8, 4) is 22.8 Å². The Hall–Kier alpha value is -3.72. The second-order valence-electron chi connectivity index (χ2n) is 9.12. The molecule has 1 atom stereocenters. The lowest BCUT2D eigenvalue weighted by Gasteiger charge is -2.16. The van der Waals surface area contributed by atoms with Gasteiger partial charge in [-0.2, -0.15) is 5.10 Å². The molecule has 0 spiro atoms. The number of hydrogen-bond acceptors (Lipinski definition) is 7. The van der Waals surface area contributed by atoms with E-state index >= 15 is 0 Å². The molecule has 1 saturated heterocycles. The van der Waals surface area contributed by atoms with Crippen LogP contribution in [0.4, 0.5) is 5.69 Å². The van der Waals surface area contributed by atoms with Crippen molar-refractivity contribution >= 4 is 11.2 Å². The highest BCUT2D eigenvalue weighted by Crippen LogP contribution is 2.34. The van der Waals surface area contributed by atoms with E-state index in [1.807, 2.05) is 43.0 Å². The summed E-state index contributed by atoms with van der Waals surface area (Å²) in [5.74, 6) is 1.06. The van der Waals surface area contributed by atoms with E-state index in [2.05, 4.69) is 15.1 Å². The Bertz CT molecular complexity index is 1440. The fourth-order valence-corrected chi connectivity index (χ4v) is 4.75. The second kappa shape index (κ2) is 7.95. The lowest BCUT2D eigenvalue weighted by Crippen LogP contribution is -2.29. The number of ether oxygens (including phenoxy) is 1. The van der Waals surface area contributed by atoms with E-state index in [9.17, 15) is 9.90 Å². The molecule has 4 aromatic rings. The van der Waals surface area contributed by atoms with Gasteiger partial charge in [0.25, 0.3) is 5.95 Å². The van der Waals surface area contributed by atoms with E-state index in [0.717, 1.165) is 65.1 Å². The number of nitrogens with zero attached hydrogens (tertiary/aromatic N) is 6. The van der Waals surface area contributed by atoms with Crippen LogP contribution in [0.1, 0.15) is 30.5 Å². The Labute approximate surface area is 196 Å². The molecule has 1 unspecified atom stereocenters. The van der Waals surface area contributed by atoms with Crippen LogP contribution in [0.5, 0.6) is 5.75 Å². The first kappa shape index (κ1) is 20.9. The quantitative estimate of drug-likeness (QED) is 0.491. The van der Waals surface area contributed by atoms with Crippen molar-refractivity contribution in [3.05, 3.63) is 64.6 Å². The van der Waals surface area contributed by atoms with Crippen LogP contribution in [0, 0.1) is 13.8 Å². The van der Waals surface area contributed by atoms with Crippen molar-refractivity contribution in [2.45, 2.75) is 45.3 Å². The predicted molar refractivity (Wildman–Crippen MR) is 128 cm³/mol. The molecule has 34 heavy (non-hydrogen) atoms. The van der Waals surface area contributed by atoms with Gasteiger partial charge in [0, 0.05) is 24.3 Å². The molecule has 2 fully saturated rings. The van der Waals surface area contributed by atoms with Crippen molar-refractivity contribution in [3.63, 3.8) is 0 Å². The first-order chi connectivity index (χ1) is 16.5. The van der Waals surface area contributed by atoms with E-state index in [0.29, 0.717) is 12.6 Å². The molecule has 9 heteroatoms. The fourth-order valence-electron chi connectivity index (χ4n) is 4.75. The van der Waals surface area contributed by atoms with Gasteiger partial charge in [-0.05, 0) is 56.4 Å². The molecule has 9 nitrogen and oxygen atoms in total. The summed E-state index contributed by atoms with van der Waals surface area (Å²) in [5.41, 5.74) is 5.08. The van der Waals surface area contributed by atoms with Gasteiger partial charge in [0.1, 0.15) is 5.75 Å². The van der Waals surface area contributed by atoms with E-state index in [1.165, 1.54) is 4.68 Å². The number of benzene rings is 1. The first-order valence-corrected chi connectivity index (χ1v) is 11.6. The Kier molecular flexibility index (Phi) is 4.88. The molecule has 6 rings (SSSR count). The van der Waals surface area contributed by atoms with Crippen molar-refractivity contribution < 1.29 is 9.84 Å². The molecule has 1 aliphatic carbocycles. The van der Waals surface area contributed by atoms with Gasteiger partial charge >= 0.3 is 5.69 Å². The van der Waals surface area contributed by atoms with Crippen molar-refractivity contribution in [2.24, 2.45) is 0 Å². The highest BCUT2D eigenvalue weighted by molar-refractivity contribution is 5.79. The summed E-state index contributed by atoms with van der Waals surface area (Å²) < 4.78 is 8.86. The number of aromatic nitrogens is 5. The third kappa shape index (κ3) is 3.52. The summed E-state index contributed by atoms with van der Waals surface area (Å²) in [6.45, 7) is 5.27. The zero-order valence-electron chi connectivity index (χ0n) is 19.2. The molecule has 174 valence electrons. The number of anilines is 1. The molecule has 0 radical (unpaired) electrons. The molecule has 1 aromatic carbocycles. The van der Waals surface area contributed by atoms with Crippen molar-refractivity contribution in [1.82, 2.24) is 24.1 Å². The number of hydrogen-bond donors (Lipinski definition) is 1. The van der Waals surface area contributed by atoms with Crippen LogP contribution in [0.25, 0.3) is 22.6 Å². The minimum absolute atomic E-state index is 0.211. The largest absolute Gasteiger partial charge is 0.490 e. The molecule has 2 aliphatic rings. The van der Waals surface area contributed by atoms with Crippen LogP contribution in [0.2, 0.25) is 0 Å². The molecule has 4 heterocycles. The van der Waals surface area contributed by atoms with Crippen LogP contribution < -0.4 is 15.3 Å². The Balaban J connectivity index is 1.39. The lowest BCUT2D eigenvalue weighted by atomic mass is 10.0. The van der Waals surface area contributed by atoms with E-state index in [1.54, 1.807) is 23.0 Å². The lowest BCUT2D eigenvalue weighted by molar-refractivity contribution is 0.198. The summed E-state index contributed by atoms with van der Waals surface area (Å²) in [6, 6.07) is 8.04. The smallest absolute Gasteiger partial charge is 0.356 e. The molecule has 0 amide bonds. The van der Waals surface area contributed by atoms with E-state index in [-0.39, 0.29) is 17.7 Å². The number of aryl methyl sites for hydroxylation is 2. The van der Waals surface area contributed by atoms with Crippen LogP contribution in [0.3, 0.4) is 0 Å². The zero-order valence-corrected chi connectivity index (χ0v) is 19.2. The predicted octanol–water partition coefficient (Wildman–Crippen LogP) is 2.67. The number of aliphatic hydroxyl groups is 1. The third-order valence-corrected chi connectivity index (χ3v) is 6.66. The van der Waals surface area contributed by atoms with Crippen LogP contribution in [0.15, 0.2) is 47.7 Å². The maximum Gasteiger partial charge on any atom is 0.356 e.